The summed E-state index contributed by atoms with van der Waals surface area (Å²) in [7, 11) is -3.92. The highest BCUT2D eigenvalue weighted by Crippen LogP contribution is 2.12. The molecule has 7 heteroatoms. The van der Waals surface area contributed by atoms with E-state index in [1.54, 1.807) is 13.8 Å². The first-order valence-corrected chi connectivity index (χ1v) is 7.35. The number of amides is 1. The van der Waals surface area contributed by atoms with E-state index < -0.39 is 20.7 Å². The van der Waals surface area contributed by atoms with Crippen LogP contribution >= 0.6 is 0 Å². The van der Waals surface area contributed by atoms with E-state index in [-0.39, 0.29) is 24.9 Å². The van der Waals surface area contributed by atoms with Crippen molar-refractivity contribution in [2.24, 2.45) is 0 Å². The first-order chi connectivity index (χ1) is 8.83. The Labute approximate surface area is 112 Å². The minimum absolute atomic E-state index is 0.00400. The highest BCUT2D eigenvalue weighted by molar-refractivity contribution is 7.89. The normalized spacial score (nSPS) is 11.6. The predicted molar refractivity (Wildman–Crippen MR) is 69.5 cm³/mol. The zero-order chi connectivity index (χ0) is 14.5. The number of nitrogens with one attached hydrogen (secondary N) is 2. The Morgan fingerprint density at radius 3 is 2.53 bits per heavy atom. The molecule has 0 fully saturated rings. The largest absolute Gasteiger partial charge is 0.354 e. The van der Waals surface area contributed by atoms with Crippen LogP contribution in [0.5, 0.6) is 0 Å². The summed E-state index contributed by atoms with van der Waals surface area (Å²) < 4.78 is 39.1. The van der Waals surface area contributed by atoms with Gasteiger partial charge in [0.1, 0.15) is 10.7 Å². The number of benzene rings is 1. The number of hydrogen-bond donors (Lipinski definition) is 2. The molecule has 0 aliphatic heterocycles. The van der Waals surface area contributed by atoms with Gasteiger partial charge in [-0.15, -0.1) is 0 Å². The zero-order valence-corrected chi connectivity index (χ0v) is 11.6. The number of hydrogen-bond acceptors (Lipinski definition) is 3. The lowest BCUT2D eigenvalue weighted by Crippen LogP contribution is -2.34. The highest BCUT2D eigenvalue weighted by atomic mass is 32.2. The Morgan fingerprint density at radius 1 is 1.32 bits per heavy atom. The summed E-state index contributed by atoms with van der Waals surface area (Å²) in [6.45, 7) is 3.54. The van der Waals surface area contributed by atoms with Crippen LogP contribution < -0.4 is 10.0 Å². The van der Waals surface area contributed by atoms with Crippen molar-refractivity contribution in [2.45, 2.75) is 31.2 Å². The molecule has 0 saturated carbocycles. The third kappa shape index (κ3) is 4.96. The molecule has 1 aromatic carbocycles. The lowest BCUT2D eigenvalue weighted by molar-refractivity contribution is -0.121. The van der Waals surface area contributed by atoms with Crippen LogP contribution in [0.2, 0.25) is 0 Å². The minimum atomic E-state index is -3.92. The standard InChI is InChI=1S/C12H17FN2O3S/c1-9(2)15-12(16)7-8-14-19(17,18)11-6-4-3-5-10(11)13/h3-6,9,14H,7-8H2,1-2H3,(H,15,16). The molecule has 2 N–H and O–H groups in total. The molecule has 0 aliphatic carbocycles. The zero-order valence-electron chi connectivity index (χ0n) is 10.8. The van der Waals surface area contributed by atoms with E-state index in [1.165, 1.54) is 18.2 Å². The van der Waals surface area contributed by atoms with Crippen molar-refractivity contribution in [3.63, 3.8) is 0 Å². The molecular formula is C12H17FN2O3S. The van der Waals surface area contributed by atoms with E-state index in [0.717, 1.165) is 6.07 Å². The summed E-state index contributed by atoms with van der Waals surface area (Å²) in [4.78, 5) is 10.9. The minimum Gasteiger partial charge on any atom is -0.354 e. The molecule has 106 valence electrons. The average molecular weight is 288 g/mol. The SMILES string of the molecule is CC(C)NC(=O)CCNS(=O)(=O)c1ccccc1F. The van der Waals surface area contributed by atoms with Crippen molar-refractivity contribution in [1.82, 2.24) is 10.0 Å². The van der Waals surface area contributed by atoms with Gasteiger partial charge in [0.25, 0.3) is 0 Å². The Morgan fingerprint density at radius 2 is 1.95 bits per heavy atom. The summed E-state index contributed by atoms with van der Waals surface area (Å²) in [6.07, 6.45) is 0.00582. The Kier molecular flexibility index (Phi) is 5.44. The van der Waals surface area contributed by atoms with Crippen molar-refractivity contribution < 1.29 is 17.6 Å². The van der Waals surface area contributed by atoms with Crippen molar-refractivity contribution >= 4 is 15.9 Å². The molecule has 0 aromatic heterocycles. The topological polar surface area (TPSA) is 75.3 Å². The lowest BCUT2D eigenvalue weighted by Gasteiger charge is -2.09. The van der Waals surface area contributed by atoms with Crippen LogP contribution in [-0.4, -0.2) is 26.9 Å². The summed E-state index contributed by atoms with van der Waals surface area (Å²) in [6, 6.07) is 5.08. The van der Waals surface area contributed by atoms with Gasteiger partial charge in [0.15, 0.2) is 0 Å². The smallest absolute Gasteiger partial charge is 0.243 e. The second-order valence-electron chi connectivity index (χ2n) is 4.30. The maximum Gasteiger partial charge on any atom is 0.243 e. The van der Waals surface area contributed by atoms with E-state index >= 15 is 0 Å². The second kappa shape index (κ2) is 6.63. The van der Waals surface area contributed by atoms with E-state index in [0.29, 0.717) is 0 Å². The van der Waals surface area contributed by atoms with Gasteiger partial charge in [0, 0.05) is 19.0 Å². The first kappa shape index (κ1) is 15.6. The molecule has 0 saturated heterocycles. The van der Waals surface area contributed by atoms with Gasteiger partial charge in [0.05, 0.1) is 0 Å². The van der Waals surface area contributed by atoms with Crippen LogP contribution in [0.3, 0.4) is 0 Å². The number of carbonyl (C=O) groups is 1. The number of rotatable bonds is 6. The summed E-state index contributed by atoms with van der Waals surface area (Å²) in [5.74, 6) is -1.08. The average Bonchev–Trinajstić information content (AvgIpc) is 2.27. The molecule has 1 aromatic rings. The Hall–Kier alpha value is -1.47. The van der Waals surface area contributed by atoms with Gasteiger partial charge in [-0.2, -0.15) is 0 Å². The molecular weight excluding hydrogens is 271 g/mol. The maximum absolute atomic E-state index is 13.3. The molecule has 0 bridgehead atoms. The monoisotopic (exact) mass is 288 g/mol. The third-order valence-corrected chi connectivity index (χ3v) is 3.71. The molecule has 1 rings (SSSR count). The van der Waals surface area contributed by atoms with E-state index in [1.807, 2.05) is 0 Å². The summed E-state index contributed by atoms with van der Waals surface area (Å²) in [5.41, 5.74) is 0. The fourth-order valence-corrected chi connectivity index (χ4v) is 2.54. The van der Waals surface area contributed by atoms with Gasteiger partial charge >= 0.3 is 0 Å². The fraction of sp³-hybridized carbons (Fsp3) is 0.417. The summed E-state index contributed by atoms with van der Waals surface area (Å²) >= 11 is 0. The van der Waals surface area contributed by atoms with Crippen LogP contribution in [0, 0.1) is 5.82 Å². The predicted octanol–water partition coefficient (Wildman–Crippen LogP) is 1.02. The van der Waals surface area contributed by atoms with Crippen LogP contribution in [0.25, 0.3) is 0 Å². The van der Waals surface area contributed by atoms with Crippen molar-refractivity contribution in [2.75, 3.05) is 6.54 Å². The van der Waals surface area contributed by atoms with Crippen LogP contribution in [-0.2, 0) is 14.8 Å². The first-order valence-electron chi connectivity index (χ1n) is 5.86. The van der Waals surface area contributed by atoms with Crippen LogP contribution in [0.4, 0.5) is 4.39 Å². The van der Waals surface area contributed by atoms with E-state index in [9.17, 15) is 17.6 Å². The number of halogens is 1. The molecule has 0 aliphatic rings. The van der Waals surface area contributed by atoms with Gasteiger partial charge in [0.2, 0.25) is 15.9 Å². The Balaban J connectivity index is 2.58. The lowest BCUT2D eigenvalue weighted by atomic mass is 10.3. The Bertz CT molecular complexity index is 544. The number of carbonyl (C=O) groups excluding carboxylic acids is 1. The molecule has 19 heavy (non-hydrogen) atoms. The van der Waals surface area contributed by atoms with Crippen molar-refractivity contribution in [3.05, 3.63) is 30.1 Å². The third-order valence-electron chi connectivity index (χ3n) is 2.22. The molecule has 0 unspecified atom stereocenters. The second-order valence-corrected chi connectivity index (χ2v) is 6.04. The molecule has 5 nitrogen and oxygen atoms in total. The van der Waals surface area contributed by atoms with Gasteiger partial charge < -0.3 is 5.32 Å². The quantitative estimate of drug-likeness (QED) is 0.820. The maximum atomic E-state index is 13.3. The fourth-order valence-electron chi connectivity index (χ4n) is 1.43. The van der Waals surface area contributed by atoms with Crippen molar-refractivity contribution in [1.29, 1.82) is 0 Å². The van der Waals surface area contributed by atoms with Crippen molar-refractivity contribution in [3.8, 4) is 0 Å². The molecule has 0 heterocycles. The van der Waals surface area contributed by atoms with Gasteiger partial charge in [-0.3, -0.25) is 4.79 Å². The van der Waals surface area contributed by atoms with E-state index in [2.05, 4.69) is 10.0 Å². The van der Waals surface area contributed by atoms with Gasteiger partial charge in [-0.05, 0) is 26.0 Å². The molecule has 0 spiro atoms. The van der Waals surface area contributed by atoms with Crippen LogP contribution in [0.15, 0.2) is 29.2 Å². The molecule has 0 atom stereocenters. The van der Waals surface area contributed by atoms with Gasteiger partial charge in [-0.1, -0.05) is 12.1 Å². The highest BCUT2D eigenvalue weighted by Gasteiger charge is 2.18. The van der Waals surface area contributed by atoms with E-state index in [4.69, 9.17) is 0 Å². The van der Waals surface area contributed by atoms with Crippen LogP contribution in [0.1, 0.15) is 20.3 Å². The molecule has 1 amide bonds. The summed E-state index contributed by atoms with van der Waals surface area (Å²) in [5, 5.41) is 2.63. The molecule has 0 radical (unpaired) electrons. The van der Waals surface area contributed by atoms with Gasteiger partial charge in [-0.25, -0.2) is 17.5 Å². The number of sulfonamides is 1.